The van der Waals surface area contributed by atoms with Crippen molar-refractivity contribution < 1.29 is 18.9 Å². The summed E-state index contributed by atoms with van der Waals surface area (Å²) in [5.41, 5.74) is 4.09. The van der Waals surface area contributed by atoms with Gasteiger partial charge < -0.3 is 10.1 Å². The molecule has 0 spiro atoms. The van der Waals surface area contributed by atoms with Gasteiger partial charge in [0.15, 0.2) is 0 Å². The Labute approximate surface area is 175 Å². The molecule has 0 saturated carbocycles. The Balaban J connectivity index is 1.63. The number of anilines is 1. The van der Waals surface area contributed by atoms with Crippen LogP contribution in [0.3, 0.4) is 0 Å². The number of nitrogens with zero attached hydrogens (tertiary/aromatic N) is 5. The molecule has 158 valence electrons. The standard InChI is InChI=1S/C21H27N6O3/c1-12-7-8-16(30-6)15(11-12)22-9-10-26-13(2)14(3)27-17-18(23-20(26)27)24(4)21(29)25(5)19(17)28/h7-8,11,17,22H,9-10H2,1-6H3/q+1. The number of rotatable bonds is 5. The number of methoxy groups -OCH3 is 1. The summed E-state index contributed by atoms with van der Waals surface area (Å²) in [5, 5.41) is 3.43. The predicted octanol–water partition coefficient (Wildman–Crippen LogP) is 1.93. The number of nitrogens with one attached hydrogen (secondary N) is 1. The molecule has 0 aliphatic carbocycles. The number of benzene rings is 1. The quantitative estimate of drug-likeness (QED) is 0.762. The number of ether oxygens (including phenoxy) is 1. The molecule has 2 aromatic rings. The van der Waals surface area contributed by atoms with Crippen LogP contribution >= 0.6 is 0 Å². The van der Waals surface area contributed by atoms with Crippen LogP contribution in [-0.2, 0) is 11.3 Å². The molecule has 4 rings (SSSR count). The van der Waals surface area contributed by atoms with E-state index in [0.717, 1.165) is 33.3 Å². The number of urea groups is 1. The highest BCUT2D eigenvalue weighted by Gasteiger charge is 2.53. The van der Waals surface area contributed by atoms with E-state index >= 15 is 0 Å². The maximum absolute atomic E-state index is 12.8. The molecule has 9 nitrogen and oxygen atoms in total. The minimum absolute atomic E-state index is 0.261. The molecule has 1 aromatic carbocycles. The van der Waals surface area contributed by atoms with Gasteiger partial charge in [-0.1, -0.05) is 11.1 Å². The molecule has 1 fully saturated rings. The maximum atomic E-state index is 12.8. The van der Waals surface area contributed by atoms with Gasteiger partial charge in [-0.2, -0.15) is 0 Å². The molecule has 1 N–H and O–H groups in total. The third-order valence-corrected chi connectivity index (χ3v) is 5.95. The zero-order valence-electron chi connectivity index (χ0n) is 18.2. The number of aryl methyl sites for hydroxylation is 1. The van der Waals surface area contributed by atoms with Gasteiger partial charge in [0, 0.05) is 20.6 Å². The molecule has 1 aromatic heterocycles. The van der Waals surface area contributed by atoms with Gasteiger partial charge >= 0.3 is 12.0 Å². The van der Waals surface area contributed by atoms with E-state index in [4.69, 9.17) is 9.73 Å². The van der Waals surface area contributed by atoms with Crippen LogP contribution < -0.4 is 14.6 Å². The molecular formula is C21H27N6O3+. The minimum atomic E-state index is -0.600. The lowest BCUT2D eigenvalue weighted by molar-refractivity contribution is -0.686. The Bertz CT molecular complexity index is 1090. The van der Waals surface area contributed by atoms with Gasteiger partial charge in [-0.05, 0) is 38.5 Å². The molecule has 30 heavy (non-hydrogen) atoms. The smallest absolute Gasteiger partial charge is 0.402 e. The van der Waals surface area contributed by atoms with Crippen LogP contribution in [-0.4, -0.2) is 59.9 Å². The van der Waals surface area contributed by atoms with E-state index in [1.807, 2.05) is 37.5 Å². The molecule has 2 aliphatic heterocycles. The van der Waals surface area contributed by atoms with Crippen molar-refractivity contribution in [1.82, 2.24) is 14.4 Å². The van der Waals surface area contributed by atoms with Crippen LogP contribution in [0.4, 0.5) is 16.4 Å². The van der Waals surface area contributed by atoms with E-state index in [1.165, 1.54) is 11.9 Å². The lowest BCUT2D eigenvalue weighted by atomic mass is 10.1. The van der Waals surface area contributed by atoms with Gasteiger partial charge in [-0.15, -0.1) is 0 Å². The fraction of sp³-hybridized carbons (Fsp3) is 0.429. The highest BCUT2D eigenvalue weighted by Crippen LogP contribution is 2.34. The average Bonchev–Trinajstić information content (AvgIpc) is 3.22. The topological polar surface area (TPSA) is 83.0 Å². The van der Waals surface area contributed by atoms with E-state index < -0.39 is 6.04 Å². The Morgan fingerprint density at radius 1 is 1.17 bits per heavy atom. The lowest BCUT2D eigenvalue weighted by Gasteiger charge is -2.30. The number of hydrogen-bond acceptors (Lipinski definition) is 5. The summed E-state index contributed by atoms with van der Waals surface area (Å²) in [6.45, 7) is 7.35. The van der Waals surface area contributed by atoms with E-state index in [0.29, 0.717) is 24.9 Å². The van der Waals surface area contributed by atoms with Crippen molar-refractivity contribution in [3.8, 4) is 5.75 Å². The van der Waals surface area contributed by atoms with Crippen LogP contribution in [0.1, 0.15) is 23.0 Å². The van der Waals surface area contributed by atoms with E-state index in [-0.39, 0.29) is 11.9 Å². The molecule has 1 unspecified atom stereocenters. The number of fused-ring (bicyclic) bond motifs is 3. The molecule has 0 bridgehead atoms. The fourth-order valence-corrected chi connectivity index (χ4v) is 4.11. The van der Waals surface area contributed by atoms with Crippen molar-refractivity contribution in [3.05, 3.63) is 35.2 Å². The first-order valence-electron chi connectivity index (χ1n) is 9.89. The summed E-state index contributed by atoms with van der Waals surface area (Å²) in [6, 6.07) is 5.04. The molecule has 3 amide bonds. The van der Waals surface area contributed by atoms with Crippen molar-refractivity contribution >= 4 is 29.4 Å². The van der Waals surface area contributed by atoms with Gasteiger partial charge in [-0.25, -0.2) is 13.9 Å². The Hall–Kier alpha value is -3.36. The number of amides is 3. The van der Waals surface area contributed by atoms with Crippen molar-refractivity contribution in [2.75, 3.05) is 33.1 Å². The second-order valence-electron chi connectivity index (χ2n) is 7.73. The highest BCUT2D eigenvalue weighted by molar-refractivity contribution is 6.20. The monoisotopic (exact) mass is 411 g/mol. The summed E-state index contributed by atoms with van der Waals surface area (Å²) in [5.74, 6) is 1.69. The molecule has 2 aliphatic rings. The molecular weight excluding hydrogens is 384 g/mol. The zero-order valence-corrected chi connectivity index (χ0v) is 18.2. The summed E-state index contributed by atoms with van der Waals surface area (Å²) < 4.78 is 9.45. The van der Waals surface area contributed by atoms with Crippen LogP contribution in [0.2, 0.25) is 0 Å². The molecule has 0 radical (unpaired) electrons. The van der Waals surface area contributed by atoms with E-state index in [1.54, 1.807) is 14.2 Å². The van der Waals surface area contributed by atoms with Gasteiger partial charge in [0.2, 0.25) is 11.9 Å². The summed E-state index contributed by atoms with van der Waals surface area (Å²) in [6.07, 6.45) is 0. The summed E-state index contributed by atoms with van der Waals surface area (Å²) in [4.78, 5) is 32.5. The lowest BCUT2D eigenvalue weighted by Crippen LogP contribution is -2.56. The molecule has 1 atom stereocenters. The average molecular weight is 411 g/mol. The summed E-state index contributed by atoms with van der Waals surface area (Å²) in [7, 11) is 4.82. The number of imide groups is 1. The van der Waals surface area contributed by atoms with E-state index in [9.17, 15) is 9.59 Å². The van der Waals surface area contributed by atoms with Crippen LogP contribution in [0, 0.1) is 20.8 Å². The van der Waals surface area contributed by atoms with Crippen molar-refractivity contribution in [2.24, 2.45) is 4.99 Å². The van der Waals surface area contributed by atoms with Crippen molar-refractivity contribution in [2.45, 2.75) is 33.4 Å². The zero-order chi connectivity index (χ0) is 21.7. The summed E-state index contributed by atoms with van der Waals surface area (Å²) >= 11 is 0. The Morgan fingerprint density at radius 2 is 1.90 bits per heavy atom. The first-order valence-corrected chi connectivity index (χ1v) is 9.89. The third kappa shape index (κ3) is 2.84. The number of aliphatic imine (C=N–C) groups is 1. The first-order chi connectivity index (χ1) is 14.3. The van der Waals surface area contributed by atoms with Crippen LogP contribution in [0.5, 0.6) is 5.75 Å². The third-order valence-electron chi connectivity index (χ3n) is 5.95. The SMILES string of the molecule is COc1ccc(C)cc1NCC[n+]1c(C)c(C)n2c1N=C1C2C(=O)N(C)C(=O)N1C. The normalized spacial score (nSPS) is 17.8. The van der Waals surface area contributed by atoms with Crippen LogP contribution in [0.25, 0.3) is 0 Å². The number of carbonyl (C=O) groups excluding carboxylic acids is 2. The molecule has 9 heteroatoms. The van der Waals surface area contributed by atoms with Gasteiger partial charge in [0.1, 0.15) is 17.1 Å². The number of carbonyl (C=O) groups is 2. The minimum Gasteiger partial charge on any atom is -0.495 e. The predicted molar refractivity (Wildman–Crippen MR) is 112 cm³/mol. The van der Waals surface area contributed by atoms with Crippen LogP contribution in [0.15, 0.2) is 23.2 Å². The fourth-order valence-electron chi connectivity index (χ4n) is 4.11. The number of imidazole rings is 1. The number of hydrogen-bond donors (Lipinski definition) is 1. The number of amidine groups is 1. The van der Waals surface area contributed by atoms with Gasteiger partial charge in [0.25, 0.3) is 5.91 Å². The van der Waals surface area contributed by atoms with Gasteiger partial charge in [-0.3, -0.25) is 14.6 Å². The number of likely N-dealkylation sites (N-methyl/N-ethyl adjacent to an activating group) is 2. The van der Waals surface area contributed by atoms with Gasteiger partial charge in [0.05, 0.1) is 19.3 Å². The van der Waals surface area contributed by atoms with Crippen molar-refractivity contribution in [3.63, 3.8) is 0 Å². The first kappa shape index (κ1) is 19.9. The molecule has 1 saturated heterocycles. The van der Waals surface area contributed by atoms with Crippen molar-refractivity contribution in [1.29, 1.82) is 0 Å². The largest absolute Gasteiger partial charge is 0.495 e. The second-order valence-corrected chi connectivity index (χ2v) is 7.73. The number of aromatic nitrogens is 2. The Kier molecular flexibility index (Phi) is 4.76. The Morgan fingerprint density at radius 3 is 2.60 bits per heavy atom. The molecule has 3 heterocycles. The maximum Gasteiger partial charge on any atom is 0.402 e. The second kappa shape index (κ2) is 7.16. The highest BCUT2D eigenvalue weighted by atomic mass is 16.5. The van der Waals surface area contributed by atoms with E-state index in [2.05, 4.69) is 16.0 Å².